The molecule has 0 aliphatic heterocycles. The van der Waals surface area contributed by atoms with Gasteiger partial charge in [-0.25, -0.2) is 0 Å². The molecule has 0 aromatic carbocycles. The fourth-order valence-electron chi connectivity index (χ4n) is 2.73. The molecular formula is C13H21NS. The molecule has 1 unspecified atom stereocenters. The van der Waals surface area contributed by atoms with Crippen molar-refractivity contribution < 1.29 is 0 Å². The van der Waals surface area contributed by atoms with E-state index in [4.69, 9.17) is 0 Å². The van der Waals surface area contributed by atoms with Gasteiger partial charge in [-0.2, -0.15) is 11.3 Å². The lowest BCUT2D eigenvalue weighted by atomic mass is 9.91. The van der Waals surface area contributed by atoms with E-state index in [-0.39, 0.29) is 0 Å². The summed E-state index contributed by atoms with van der Waals surface area (Å²) in [6.07, 6.45) is 5.67. The van der Waals surface area contributed by atoms with E-state index in [1.165, 1.54) is 31.2 Å². The Kier molecular flexibility index (Phi) is 3.81. The third kappa shape index (κ3) is 2.43. The highest BCUT2D eigenvalue weighted by Gasteiger charge is 2.26. The van der Waals surface area contributed by atoms with E-state index in [0.717, 1.165) is 12.5 Å². The first kappa shape index (κ1) is 11.2. The van der Waals surface area contributed by atoms with Crippen molar-refractivity contribution in [2.75, 3.05) is 6.54 Å². The predicted molar refractivity (Wildman–Crippen MR) is 67.4 cm³/mol. The second-order valence-electron chi connectivity index (χ2n) is 4.59. The standard InChI is InChI=1S/C13H21NS/c1-3-14-13(11-6-4-5-7-11)12-9-15-8-10(12)2/h8-9,11,13-14H,3-7H2,1-2H3. The van der Waals surface area contributed by atoms with Gasteiger partial charge >= 0.3 is 0 Å². The van der Waals surface area contributed by atoms with Crippen LogP contribution < -0.4 is 5.32 Å². The molecule has 1 aromatic heterocycles. The monoisotopic (exact) mass is 223 g/mol. The van der Waals surface area contributed by atoms with Crippen LogP contribution >= 0.6 is 11.3 Å². The molecule has 0 bridgehead atoms. The second-order valence-corrected chi connectivity index (χ2v) is 5.33. The van der Waals surface area contributed by atoms with Crippen LogP contribution in [0, 0.1) is 12.8 Å². The summed E-state index contributed by atoms with van der Waals surface area (Å²) in [7, 11) is 0. The Morgan fingerprint density at radius 3 is 2.67 bits per heavy atom. The highest BCUT2D eigenvalue weighted by atomic mass is 32.1. The van der Waals surface area contributed by atoms with Gasteiger partial charge in [-0.1, -0.05) is 19.8 Å². The molecule has 1 heterocycles. The Hall–Kier alpha value is -0.340. The second kappa shape index (κ2) is 5.13. The van der Waals surface area contributed by atoms with Gasteiger partial charge in [0, 0.05) is 6.04 Å². The van der Waals surface area contributed by atoms with Crippen molar-refractivity contribution in [3.8, 4) is 0 Å². The Balaban J connectivity index is 2.15. The normalized spacial score (nSPS) is 19.6. The van der Waals surface area contributed by atoms with Gasteiger partial charge in [0.25, 0.3) is 0 Å². The minimum Gasteiger partial charge on any atom is -0.310 e. The summed E-state index contributed by atoms with van der Waals surface area (Å²) in [4.78, 5) is 0. The zero-order valence-electron chi connectivity index (χ0n) is 9.75. The van der Waals surface area contributed by atoms with E-state index >= 15 is 0 Å². The minimum atomic E-state index is 0.615. The van der Waals surface area contributed by atoms with Crippen LogP contribution in [0.3, 0.4) is 0 Å². The Morgan fingerprint density at radius 2 is 2.13 bits per heavy atom. The van der Waals surface area contributed by atoms with Crippen molar-refractivity contribution in [1.82, 2.24) is 5.32 Å². The van der Waals surface area contributed by atoms with Gasteiger partial charge in [-0.05, 0) is 54.1 Å². The van der Waals surface area contributed by atoms with Gasteiger partial charge in [-0.15, -0.1) is 0 Å². The van der Waals surface area contributed by atoms with Crippen LogP contribution in [-0.2, 0) is 0 Å². The number of hydrogen-bond donors (Lipinski definition) is 1. The average Bonchev–Trinajstić information content (AvgIpc) is 2.85. The molecule has 1 atom stereocenters. The van der Waals surface area contributed by atoms with E-state index in [0.29, 0.717) is 6.04 Å². The number of nitrogens with one attached hydrogen (secondary N) is 1. The molecule has 1 N–H and O–H groups in total. The van der Waals surface area contributed by atoms with Crippen molar-refractivity contribution in [3.05, 3.63) is 21.9 Å². The lowest BCUT2D eigenvalue weighted by Gasteiger charge is -2.24. The van der Waals surface area contributed by atoms with Crippen molar-refractivity contribution in [1.29, 1.82) is 0 Å². The van der Waals surface area contributed by atoms with Crippen LogP contribution in [0.2, 0.25) is 0 Å². The van der Waals surface area contributed by atoms with Gasteiger partial charge in [0.15, 0.2) is 0 Å². The molecule has 15 heavy (non-hydrogen) atoms. The van der Waals surface area contributed by atoms with Gasteiger partial charge in [-0.3, -0.25) is 0 Å². The quantitative estimate of drug-likeness (QED) is 0.816. The van der Waals surface area contributed by atoms with Crippen molar-refractivity contribution in [3.63, 3.8) is 0 Å². The number of hydrogen-bond acceptors (Lipinski definition) is 2. The van der Waals surface area contributed by atoms with Crippen LogP contribution in [0.25, 0.3) is 0 Å². The fourth-order valence-corrected chi connectivity index (χ4v) is 3.62. The molecule has 1 aliphatic rings. The maximum Gasteiger partial charge on any atom is 0.0359 e. The van der Waals surface area contributed by atoms with E-state index in [9.17, 15) is 0 Å². The predicted octanol–water partition coefficient (Wildman–Crippen LogP) is 3.90. The highest BCUT2D eigenvalue weighted by Crippen LogP contribution is 2.37. The zero-order valence-corrected chi connectivity index (χ0v) is 10.6. The van der Waals surface area contributed by atoms with E-state index in [2.05, 4.69) is 29.9 Å². The average molecular weight is 223 g/mol. The van der Waals surface area contributed by atoms with Gasteiger partial charge in [0.1, 0.15) is 0 Å². The summed E-state index contributed by atoms with van der Waals surface area (Å²) >= 11 is 1.84. The molecule has 0 saturated heterocycles. The fraction of sp³-hybridized carbons (Fsp3) is 0.692. The lowest BCUT2D eigenvalue weighted by molar-refractivity contribution is 0.374. The van der Waals surface area contributed by atoms with E-state index < -0.39 is 0 Å². The van der Waals surface area contributed by atoms with Gasteiger partial charge < -0.3 is 5.32 Å². The summed E-state index contributed by atoms with van der Waals surface area (Å²) in [5.41, 5.74) is 3.02. The lowest BCUT2D eigenvalue weighted by Crippen LogP contribution is -2.27. The maximum atomic E-state index is 3.67. The number of rotatable bonds is 4. The number of aryl methyl sites for hydroxylation is 1. The SMILES string of the molecule is CCNC(c1cscc1C)C1CCCC1. The third-order valence-electron chi connectivity index (χ3n) is 3.53. The summed E-state index contributed by atoms with van der Waals surface area (Å²) in [6, 6.07) is 0.615. The van der Waals surface area contributed by atoms with Crippen molar-refractivity contribution >= 4 is 11.3 Å². The molecule has 0 radical (unpaired) electrons. The molecule has 0 amide bonds. The molecule has 2 rings (SSSR count). The van der Waals surface area contributed by atoms with Crippen molar-refractivity contribution in [2.45, 2.75) is 45.6 Å². The summed E-state index contributed by atoms with van der Waals surface area (Å²) in [5, 5.41) is 8.28. The Labute approximate surface area is 96.9 Å². The largest absolute Gasteiger partial charge is 0.310 e. The topological polar surface area (TPSA) is 12.0 Å². The molecule has 1 nitrogen and oxygen atoms in total. The molecule has 1 aliphatic carbocycles. The molecule has 1 fully saturated rings. The molecule has 1 aromatic rings. The van der Waals surface area contributed by atoms with Crippen LogP contribution in [0.4, 0.5) is 0 Å². The highest BCUT2D eigenvalue weighted by molar-refractivity contribution is 7.08. The summed E-state index contributed by atoms with van der Waals surface area (Å²) < 4.78 is 0. The van der Waals surface area contributed by atoms with E-state index in [1.54, 1.807) is 5.56 Å². The van der Waals surface area contributed by atoms with Crippen molar-refractivity contribution in [2.24, 2.45) is 5.92 Å². The summed E-state index contributed by atoms with van der Waals surface area (Å²) in [5.74, 6) is 0.873. The third-order valence-corrected chi connectivity index (χ3v) is 4.41. The minimum absolute atomic E-state index is 0.615. The molecular weight excluding hydrogens is 202 g/mol. The molecule has 84 valence electrons. The molecule has 2 heteroatoms. The zero-order chi connectivity index (χ0) is 10.7. The Bertz CT molecular complexity index is 299. The number of thiophene rings is 1. The van der Waals surface area contributed by atoms with Crippen LogP contribution in [0.15, 0.2) is 10.8 Å². The van der Waals surface area contributed by atoms with Gasteiger partial charge in [0.05, 0.1) is 0 Å². The first-order chi connectivity index (χ1) is 7.33. The first-order valence-corrected chi connectivity index (χ1v) is 7.03. The Morgan fingerprint density at radius 1 is 1.40 bits per heavy atom. The smallest absolute Gasteiger partial charge is 0.0359 e. The first-order valence-electron chi connectivity index (χ1n) is 6.09. The summed E-state index contributed by atoms with van der Waals surface area (Å²) in [6.45, 7) is 5.53. The van der Waals surface area contributed by atoms with E-state index in [1.807, 2.05) is 11.3 Å². The van der Waals surface area contributed by atoms with Crippen LogP contribution in [0.5, 0.6) is 0 Å². The maximum absolute atomic E-state index is 3.67. The van der Waals surface area contributed by atoms with Crippen LogP contribution in [-0.4, -0.2) is 6.54 Å². The van der Waals surface area contributed by atoms with Crippen LogP contribution in [0.1, 0.15) is 49.8 Å². The van der Waals surface area contributed by atoms with Gasteiger partial charge in [0.2, 0.25) is 0 Å². The molecule has 0 spiro atoms. The molecule has 1 saturated carbocycles.